The fourth-order valence-electron chi connectivity index (χ4n) is 2.88. The summed E-state index contributed by atoms with van der Waals surface area (Å²) in [6.45, 7) is 2.12. The highest BCUT2D eigenvalue weighted by atomic mass is 32.1. The van der Waals surface area contributed by atoms with Gasteiger partial charge in [-0.1, -0.05) is 12.1 Å². The van der Waals surface area contributed by atoms with Crippen LogP contribution in [0.1, 0.15) is 4.88 Å². The molecule has 0 fully saturated rings. The lowest BCUT2D eigenvalue weighted by molar-refractivity contribution is 0.415. The molecule has 0 amide bonds. The molecule has 0 saturated carbocycles. The number of rotatable bonds is 3. The van der Waals surface area contributed by atoms with Gasteiger partial charge in [-0.05, 0) is 48.9 Å². The second kappa shape index (κ2) is 5.69. The molecule has 0 bridgehead atoms. The minimum atomic E-state index is 0.746. The number of nitrogens with zero attached hydrogens (tertiary/aromatic N) is 2. The Balaban J connectivity index is 1.85. The van der Waals surface area contributed by atoms with Crippen molar-refractivity contribution in [2.24, 2.45) is 0 Å². The van der Waals surface area contributed by atoms with Crippen LogP contribution in [-0.2, 0) is 0 Å². The second-order valence-electron chi connectivity index (χ2n) is 5.64. The third kappa shape index (κ3) is 2.43. The fraction of sp³-hybridized carbons (Fsp3) is 0.105. The molecule has 0 radical (unpaired) electrons. The van der Waals surface area contributed by atoms with Crippen LogP contribution >= 0.6 is 11.3 Å². The third-order valence-electron chi connectivity index (χ3n) is 4.04. The van der Waals surface area contributed by atoms with Crippen molar-refractivity contribution in [2.75, 3.05) is 12.8 Å². The number of imidazole rings is 1. The Morgan fingerprint density at radius 2 is 1.88 bits per heavy atom. The van der Waals surface area contributed by atoms with E-state index in [-0.39, 0.29) is 0 Å². The molecule has 2 N–H and O–H groups in total. The molecular weight excluding hydrogens is 318 g/mol. The topological polar surface area (TPSA) is 52.5 Å². The lowest BCUT2D eigenvalue weighted by Gasteiger charge is -2.04. The fourth-order valence-corrected chi connectivity index (χ4v) is 3.85. The van der Waals surface area contributed by atoms with Crippen LogP contribution in [0.4, 0.5) is 5.69 Å². The zero-order chi connectivity index (χ0) is 16.7. The van der Waals surface area contributed by atoms with Gasteiger partial charge in [-0.15, -0.1) is 11.3 Å². The number of nitrogens with two attached hydrogens (primary N) is 1. The summed E-state index contributed by atoms with van der Waals surface area (Å²) in [6.07, 6.45) is 2.08. The zero-order valence-corrected chi connectivity index (χ0v) is 14.3. The van der Waals surface area contributed by atoms with Crippen molar-refractivity contribution < 1.29 is 4.74 Å². The smallest absolute Gasteiger partial charge is 0.194 e. The molecule has 0 aliphatic rings. The van der Waals surface area contributed by atoms with Crippen LogP contribution in [0, 0.1) is 6.92 Å². The Kier molecular flexibility index (Phi) is 3.50. The maximum absolute atomic E-state index is 5.89. The molecule has 4 nitrogen and oxygen atoms in total. The van der Waals surface area contributed by atoms with Crippen LogP contribution in [0.5, 0.6) is 5.75 Å². The van der Waals surface area contributed by atoms with Crippen molar-refractivity contribution in [1.82, 2.24) is 9.38 Å². The molecule has 4 aromatic rings. The molecule has 2 aromatic carbocycles. The quantitative estimate of drug-likeness (QED) is 0.555. The molecule has 2 aromatic heterocycles. The van der Waals surface area contributed by atoms with E-state index in [2.05, 4.69) is 29.7 Å². The normalized spacial score (nSPS) is 11.1. The molecule has 4 rings (SSSR count). The van der Waals surface area contributed by atoms with E-state index in [0.717, 1.165) is 33.2 Å². The van der Waals surface area contributed by atoms with Crippen molar-refractivity contribution in [3.05, 3.63) is 59.6 Å². The molecule has 0 unspecified atom stereocenters. The van der Waals surface area contributed by atoms with Gasteiger partial charge in [0.1, 0.15) is 5.75 Å². The van der Waals surface area contributed by atoms with Gasteiger partial charge in [0.05, 0.1) is 18.5 Å². The van der Waals surface area contributed by atoms with E-state index in [0.29, 0.717) is 0 Å². The number of aromatic nitrogens is 2. The number of methoxy groups -OCH3 is 1. The number of thiazole rings is 1. The first-order chi connectivity index (χ1) is 11.7. The largest absolute Gasteiger partial charge is 0.497 e. The number of ether oxygens (including phenoxy) is 1. The maximum Gasteiger partial charge on any atom is 0.194 e. The molecule has 0 spiro atoms. The maximum atomic E-state index is 5.89. The standard InChI is InChI=1S/C19H17N3OS/c1-12-18(13-6-8-16(23-2)9-7-13)22-11-17(21-19(22)24-12)14-4-3-5-15(20)10-14/h3-11H,20H2,1-2H3. The van der Waals surface area contributed by atoms with Crippen molar-refractivity contribution in [1.29, 1.82) is 0 Å². The van der Waals surface area contributed by atoms with Gasteiger partial charge in [0.15, 0.2) is 4.96 Å². The Hall–Kier alpha value is -2.79. The predicted octanol–water partition coefficient (Wildman–Crippen LogP) is 4.63. The highest BCUT2D eigenvalue weighted by Gasteiger charge is 2.14. The SMILES string of the molecule is COc1ccc(-c2c(C)sc3nc(-c4cccc(N)c4)cn23)cc1. The minimum Gasteiger partial charge on any atom is -0.497 e. The summed E-state index contributed by atoms with van der Waals surface area (Å²) in [7, 11) is 1.68. The van der Waals surface area contributed by atoms with E-state index in [1.54, 1.807) is 18.4 Å². The third-order valence-corrected chi connectivity index (χ3v) is 5.01. The molecule has 0 aliphatic heterocycles. The van der Waals surface area contributed by atoms with Crippen LogP contribution in [0.2, 0.25) is 0 Å². The summed E-state index contributed by atoms with van der Waals surface area (Å²) in [5, 5.41) is 0. The zero-order valence-electron chi connectivity index (χ0n) is 13.5. The minimum absolute atomic E-state index is 0.746. The second-order valence-corrected chi connectivity index (χ2v) is 6.82. The highest BCUT2D eigenvalue weighted by molar-refractivity contribution is 7.17. The van der Waals surface area contributed by atoms with E-state index >= 15 is 0 Å². The Labute approximate surface area is 144 Å². The van der Waals surface area contributed by atoms with Gasteiger partial charge >= 0.3 is 0 Å². The van der Waals surface area contributed by atoms with Crippen LogP contribution in [0.3, 0.4) is 0 Å². The summed E-state index contributed by atoms with van der Waals surface area (Å²) in [4.78, 5) is 6.99. The van der Waals surface area contributed by atoms with Gasteiger partial charge in [0.2, 0.25) is 0 Å². The van der Waals surface area contributed by atoms with Crippen LogP contribution < -0.4 is 10.5 Å². The molecule has 0 atom stereocenters. The van der Waals surface area contributed by atoms with Crippen molar-refractivity contribution in [2.45, 2.75) is 6.92 Å². The first-order valence-electron chi connectivity index (χ1n) is 7.64. The van der Waals surface area contributed by atoms with Gasteiger partial charge in [-0.25, -0.2) is 4.98 Å². The lowest BCUT2D eigenvalue weighted by Crippen LogP contribution is -1.88. The summed E-state index contributed by atoms with van der Waals surface area (Å²) >= 11 is 1.69. The average Bonchev–Trinajstić information content (AvgIpc) is 3.11. The molecule has 0 saturated heterocycles. The molecule has 0 aliphatic carbocycles. The summed E-state index contributed by atoms with van der Waals surface area (Å²) in [6, 6.07) is 15.9. The molecule has 5 heteroatoms. The van der Waals surface area contributed by atoms with E-state index < -0.39 is 0 Å². The number of anilines is 1. The molecule has 2 heterocycles. The molecular formula is C19H17N3OS. The number of aryl methyl sites for hydroxylation is 1. The number of benzene rings is 2. The van der Waals surface area contributed by atoms with Crippen LogP contribution in [-0.4, -0.2) is 16.5 Å². The van der Waals surface area contributed by atoms with Gasteiger partial charge < -0.3 is 10.5 Å². The average molecular weight is 335 g/mol. The van der Waals surface area contributed by atoms with Crippen molar-refractivity contribution >= 4 is 22.0 Å². The molecule has 24 heavy (non-hydrogen) atoms. The van der Waals surface area contributed by atoms with Gasteiger partial charge in [-0.2, -0.15) is 0 Å². The number of nitrogen functional groups attached to an aromatic ring is 1. The first kappa shape index (κ1) is 14.8. The first-order valence-corrected chi connectivity index (χ1v) is 8.46. The summed E-state index contributed by atoms with van der Waals surface area (Å²) < 4.78 is 7.40. The van der Waals surface area contributed by atoms with E-state index in [1.165, 1.54) is 10.6 Å². The number of hydrogen-bond acceptors (Lipinski definition) is 4. The summed E-state index contributed by atoms with van der Waals surface area (Å²) in [5.41, 5.74) is 10.9. The van der Waals surface area contributed by atoms with Gasteiger partial charge in [0.25, 0.3) is 0 Å². The Morgan fingerprint density at radius 1 is 1.08 bits per heavy atom. The Morgan fingerprint density at radius 3 is 2.58 bits per heavy atom. The van der Waals surface area contributed by atoms with E-state index in [9.17, 15) is 0 Å². The number of hydrogen-bond donors (Lipinski definition) is 1. The van der Waals surface area contributed by atoms with Crippen molar-refractivity contribution in [3.8, 4) is 28.3 Å². The predicted molar refractivity (Wildman–Crippen MR) is 99.6 cm³/mol. The van der Waals surface area contributed by atoms with Gasteiger partial charge in [0, 0.05) is 22.3 Å². The van der Waals surface area contributed by atoms with Crippen LogP contribution in [0.15, 0.2) is 54.7 Å². The van der Waals surface area contributed by atoms with E-state index in [4.69, 9.17) is 15.5 Å². The van der Waals surface area contributed by atoms with Gasteiger partial charge in [-0.3, -0.25) is 4.40 Å². The number of fused-ring (bicyclic) bond motifs is 1. The Bertz CT molecular complexity index is 1010. The monoisotopic (exact) mass is 335 g/mol. The molecule has 120 valence electrons. The van der Waals surface area contributed by atoms with E-state index in [1.807, 2.05) is 36.4 Å². The highest BCUT2D eigenvalue weighted by Crippen LogP contribution is 2.34. The summed E-state index contributed by atoms with van der Waals surface area (Å²) in [5.74, 6) is 0.856. The van der Waals surface area contributed by atoms with Crippen LogP contribution in [0.25, 0.3) is 27.5 Å². The lowest BCUT2D eigenvalue weighted by atomic mass is 10.1. The van der Waals surface area contributed by atoms with Crippen molar-refractivity contribution in [3.63, 3.8) is 0 Å².